The van der Waals surface area contributed by atoms with Gasteiger partial charge >= 0.3 is 0 Å². The van der Waals surface area contributed by atoms with E-state index in [-0.39, 0.29) is 11.9 Å². The number of hydrogen-bond donors (Lipinski definition) is 0. The normalized spacial score (nSPS) is 18.6. The summed E-state index contributed by atoms with van der Waals surface area (Å²) in [5.41, 5.74) is 2.46. The van der Waals surface area contributed by atoms with Crippen molar-refractivity contribution < 1.29 is 4.79 Å². The molecule has 0 aromatic carbocycles. The minimum atomic E-state index is 0.193. The van der Waals surface area contributed by atoms with Crippen molar-refractivity contribution in [3.63, 3.8) is 0 Å². The van der Waals surface area contributed by atoms with Crippen LogP contribution in [0.4, 0.5) is 0 Å². The summed E-state index contributed by atoms with van der Waals surface area (Å²) in [5.74, 6) is 0.277. The van der Waals surface area contributed by atoms with Crippen LogP contribution in [0, 0.1) is 6.92 Å². The molecule has 0 saturated carbocycles. The zero-order valence-electron chi connectivity index (χ0n) is 13.3. The van der Waals surface area contributed by atoms with E-state index in [0.29, 0.717) is 6.42 Å². The summed E-state index contributed by atoms with van der Waals surface area (Å²) >= 11 is 1.75. The number of likely N-dealkylation sites (tertiary alicyclic amines) is 1. The lowest BCUT2D eigenvalue weighted by molar-refractivity contribution is -0.135. The fourth-order valence-electron chi connectivity index (χ4n) is 3.27. The number of thiophene rings is 1. The zero-order valence-corrected chi connectivity index (χ0v) is 14.1. The second-order valence-corrected chi connectivity index (χ2v) is 7.01. The number of nitrogens with zero attached hydrogens (tertiary/aromatic N) is 3. The molecule has 22 heavy (non-hydrogen) atoms. The number of aryl methyl sites for hydroxylation is 3. The van der Waals surface area contributed by atoms with Crippen molar-refractivity contribution in [2.24, 2.45) is 7.05 Å². The summed E-state index contributed by atoms with van der Waals surface area (Å²) in [4.78, 5) is 16.1. The fourth-order valence-corrected chi connectivity index (χ4v) is 4.18. The van der Waals surface area contributed by atoms with Gasteiger partial charge in [0.15, 0.2) is 0 Å². The third kappa shape index (κ3) is 3.09. The zero-order chi connectivity index (χ0) is 15.5. The van der Waals surface area contributed by atoms with Crippen molar-refractivity contribution in [1.82, 2.24) is 14.7 Å². The maximum atomic E-state index is 12.7. The van der Waals surface area contributed by atoms with E-state index in [2.05, 4.69) is 28.4 Å². The lowest BCUT2D eigenvalue weighted by Crippen LogP contribution is -2.39. The summed E-state index contributed by atoms with van der Waals surface area (Å²) in [5, 5.41) is 6.37. The molecule has 3 heterocycles. The van der Waals surface area contributed by atoms with Crippen molar-refractivity contribution in [3.05, 3.63) is 39.8 Å². The van der Waals surface area contributed by atoms with Crippen LogP contribution >= 0.6 is 11.3 Å². The first kappa shape index (κ1) is 15.3. The molecule has 0 aliphatic carbocycles. The van der Waals surface area contributed by atoms with Gasteiger partial charge in [0, 0.05) is 31.1 Å². The average molecular weight is 317 g/mol. The number of aromatic nitrogens is 2. The molecule has 3 rings (SSSR count). The van der Waals surface area contributed by atoms with Gasteiger partial charge in [0.1, 0.15) is 0 Å². The Morgan fingerprint density at radius 1 is 1.41 bits per heavy atom. The molecule has 2 aromatic heterocycles. The highest BCUT2D eigenvalue weighted by molar-refractivity contribution is 7.10. The average Bonchev–Trinajstić information content (AvgIpc) is 3.13. The van der Waals surface area contributed by atoms with Crippen molar-refractivity contribution in [1.29, 1.82) is 0 Å². The lowest BCUT2D eigenvalue weighted by atomic mass is 9.98. The smallest absolute Gasteiger partial charge is 0.223 e. The second-order valence-electron chi connectivity index (χ2n) is 6.01. The fraction of sp³-hybridized carbons (Fsp3) is 0.529. The molecule has 1 aliphatic rings. The Hall–Kier alpha value is -1.62. The van der Waals surface area contributed by atoms with Crippen LogP contribution in [-0.4, -0.2) is 27.1 Å². The maximum absolute atomic E-state index is 12.7. The molecule has 1 amide bonds. The Morgan fingerprint density at radius 3 is 2.95 bits per heavy atom. The molecular formula is C17H23N3OS. The van der Waals surface area contributed by atoms with Crippen LogP contribution in [0.5, 0.6) is 0 Å². The van der Waals surface area contributed by atoms with Crippen LogP contribution in [0.15, 0.2) is 23.7 Å². The molecule has 5 heteroatoms. The molecule has 0 bridgehead atoms. The van der Waals surface area contributed by atoms with Crippen molar-refractivity contribution in [2.45, 2.75) is 45.1 Å². The largest absolute Gasteiger partial charge is 0.334 e. The van der Waals surface area contributed by atoms with E-state index < -0.39 is 0 Å². The number of amides is 1. The Bertz CT molecular complexity index is 646. The summed E-state index contributed by atoms with van der Waals surface area (Å²) in [7, 11) is 1.96. The molecule has 1 atom stereocenters. The summed E-state index contributed by atoms with van der Waals surface area (Å²) in [6, 6.07) is 4.36. The van der Waals surface area contributed by atoms with Gasteiger partial charge in [-0.1, -0.05) is 0 Å². The van der Waals surface area contributed by atoms with Gasteiger partial charge in [-0.05, 0) is 55.7 Å². The third-order valence-corrected chi connectivity index (χ3v) is 5.64. The number of piperidine rings is 1. The van der Waals surface area contributed by atoms with Gasteiger partial charge < -0.3 is 4.90 Å². The SMILES string of the molecule is Cc1ccsc1CCC(=O)N1CCCCC1c1ccnn1C. The molecule has 2 aromatic rings. The highest BCUT2D eigenvalue weighted by Crippen LogP contribution is 2.31. The number of rotatable bonds is 4. The Labute approximate surface area is 135 Å². The van der Waals surface area contributed by atoms with Gasteiger partial charge in [-0.15, -0.1) is 11.3 Å². The quantitative estimate of drug-likeness (QED) is 0.866. The minimum Gasteiger partial charge on any atom is -0.334 e. The highest BCUT2D eigenvalue weighted by atomic mass is 32.1. The van der Waals surface area contributed by atoms with Crippen LogP contribution in [0.25, 0.3) is 0 Å². The molecule has 0 radical (unpaired) electrons. The van der Waals surface area contributed by atoms with Crippen LogP contribution in [0.3, 0.4) is 0 Å². The van der Waals surface area contributed by atoms with Crippen molar-refractivity contribution in [3.8, 4) is 0 Å². The molecule has 0 spiro atoms. The summed E-state index contributed by atoms with van der Waals surface area (Å²) < 4.78 is 1.90. The van der Waals surface area contributed by atoms with E-state index in [1.165, 1.54) is 16.9 Å². The van der Waals surface area contributed by atoms with Crippen LogP contribution in [-0.2, 0) is 18.3 Å². The number of carbonyl (C=O) groups excluding carboxylic acids is 1. The molecular weight excluding hydrogens is 294 g/mol. The minimum absolute atomic E-state index is 0.193. The lowest BCUT2D eigenvalue weighted by Gasteiger charge is -2.36. The topological polar surface area (TPSA) is 38.1 Å². The standard InChI is InChI=1S/C17H23N3OS/c1-13-9-12-22-16(13)6-7-17(21)20-11-4-3-5-15(20)14-8-10-18-19(14)2/h8-10,12,15H,3-7,11H2,1-2H3. The number of carbonyl (C=O) groups is 1. The maximum Gasteiger partial charge on any atom is 0.223 e. The monoisotopic (exact) mass is 317 g/mol. The van der Waals surface area contributed by atoms with E-state index >= 15 is 0 Å². The predicted molar refractivity (Wildman–Crippen MR) is 88.9 cm³/mol. The van der Waals surface area contributed by atoms with Crippen LogP contribution < -0.4 is 0 Å². The van der Waals surface area contributed by atoms with Gasteiger partial charge in [0.25, 0.3) is 0 Å². The van der Waals surface area contributed by atoms with Gasteiger partial charge in [0.05, 0.1) is 11.7 Å². The predicted octanol–water partition coefficient (Wildman–Crippen LogP) is 3.48. The molecule has 1 aliphatic heterocycles. The molecule has 118 valence electrons. The van der Waals surface area contributed by atoms with Gasteiger partial charge in [0.2, 0.25) is 5.91 Å². The Morgan fingerprint density at radius 2 is 2.27 bits per heavy atom. The summed E-state index contributed by atoms with van der Waals surface area (Å²) in [6.45, 7) is 2.99. The van der Waals surface area contributed by atoms with Gasteiger partial charge in [-0.25, -0.2) is 0 Å². The second kappa shape index (κ2) is 6.65. The van der Waals surface area contributed by atoms with Gasteiger partial charge in [-0.2, -0.15) is 5.10 Å². The van der Waals surface area contributed by atoms with E-state index in [0.717, 1.165) is 31.5 Å². The van der Waals surface area contributed by atoms with Gasteiger partial charge in [-0.3, -0.25) is 9.48 Å². The van der Waals surface area contributed by atoms with E-state index in [1.807, 2.05) is 24.0 Å². The Kier molecular flexibility index (Phi) is 4.62. The summed E-state index contributed by atoms with van der Waals surface area (Å²) in [6.07, 6.45) is 6.62. The van der Waals surface area contributed by atoms with E-state index in [4.69, 9.17) is 0 Å². The molecule has 0 N–H and O–H groups in total. The number of hydrogen-bond acceptors (Lipinski definition) is 3. The molecule has 1 unspecified atom stereocenters. The van der Waals surface area contributed by atoms with Crippen molar-refractivity contribution >= 4 is 17.2 Å². The highest BCUT2D eigenvalue weighted by Gasteiger charge is 2.29. The van der Waals surface area contributed by atoms with Crippen molar-refractivity contribution in [2.75, 3.05) is 6.54 Å². The van der Waals surface area contributed by atoms with Crippen LogP contribution in [0.1, 0.15) is 47.9 Å². The first-order valence-electron chi connectivity index (χ1n) is 7.97. The molecule has 1 saturated heterocycles. The third-order valence-electron chi connectivity index (χ3n) is 4.56. The van der Waals surface area contributed by atoms with Crippen LogP contribution in [0.2, 0.25) is 0 Å². The first-order valence-corrected chi connectivity index (χ1v) is 8.85. The van der Waals surface area contributed by atoms with E-state index in [1.54, 1.807) is 11.3 Å². The molecule has 4 nitrogen and oxygen atoms in total. The first-order chi connectivity index (χ1) is 10.7. The Balaban J connectivity index is 1.69. The van der Waals surface area contributed by atoms with E-state index in [9.17, 15) is 4.79 Å². The molecule has 1 fully saturated rings.